The normalized spacial score (nSPS) is 13.6. The Morgan fingerprint density at radius 3 is 2.66 bits per heavy atom. The van der Waals surface area contributed by atoms with E-state index in [1.54, 1.807) is 34.4 Å². The first-order valence-electron chi connectivity index (χ1n) is 10.3. The second kappa shape index (κ2) is 9.93. The lowest BCUT2D eigenvalue weighted by molar-refractivity contribution is 0.102. The highest BCUT2D eigenvalue weighted by Crippen LogP contribution is 2.45. The summed E-state index contributed by atoms with van der Waals surface area (Å²) in [4.78, 5) is 22.9. The molecule has 1 aliphatic heterocycles. The number of hydrogen-bond donors (Lipinski definition) is 1. The summed E-state index contributed by atoms with van der Waals surface area (Å²) in [5.74, 6) is -0.0686. The van der Waals surface area contributed by atoms with Crippen LogP contribution in [0.2, 0.25) is 0 Å². The summed E-state index contributed by atoms with van der Waals surface area (Å²) in [6.45, 7) is 5.22. The number of aromatic nitrogens is 1. The van der Waals surface area contributed by atoms with Crippen LogP contribution in [0, 0.1) is 0 Å². The number of thiazole rings is 1. The number of halogens is 1. The Morgan fingerprint density at radius 1 is 1.16 bits per heavy atom. The molecule has 3 heterocycles. The van der Waals surface area contributed by atoms with E-state index in [9.17, 15) is 4.79 Å². The Kier molecular flexibility index (Phi) is 7.22. The molecule has 0 saturated carbocycles. The number of thioether (sulfide) groups is 1. The van der Waals surface area contributed by atoms with Gasteiger partial charge in [-0.05, 0) is 61.2 Å². The zero-order chi connectivity index (χ0) is 21.4. The number of hydrogen-bond acceptors (Lipinski definition) is 6. The first-order valence-corrected chi connectivity index (χ1v) is 13.2. The van der Waals surface area contributed by atoms with Crippen molar-refractivity contribution < 1.29 is 4.79 Å². The molecule has 4 aromatic rings. The molecule has 0 saturated heterocycles. The molecule has 0 radical (unpaired) electrons. The van der Waals surface area contributed by atoms with Gasteiger partial charge in [-0.1, -0.05) is 19.1 Å². The van der Waals surface area contributed by atoms with Crippen LogP contribution in [0.25, 0.3) is 20.8 Å². The largest absolute Gasteiger partial charge is 0.313 e. The van der Waals surface area contributed by atoms with E-state index in [4.69, 9.17) is 4.98 Å². The third-order valence-electron chi connectivity index (χ3n) is 5.67. The van der Waals surface area contributed by atoms with Gasteiger partial charge in [0.05, 0.1) is 10.2 Å². The molecule has 5 rings (SSSR count). The number of amides is 1. The van der Waals surface area contributed by atoms with E-state index in [0.29, 0.717) is 5.56 Å². The van der Waals surface area contributed by atoms with Crippen molar-refractivity contribution in [3.05, 3.63) is 64.5 Å². The van der Waals surface area contributed by atoms with E-state index in [-0.39, 0.29) is 18.3 Å². The highest BCUT2D eigenvalue weighted by Gasteiger charge is 2.27. The predicted octanol–water partition coefficient (Wildman–Crippen LogP) is 6.80. The summed E-state index contributed by atoms with van der Waals surface area (Å²) in [5, 5.41) is 5.13. The maximum atomic E-state index is 13.1. The molecular weight excluding hydrogens is 478 g/mol. The molecular formula is C24H24ClN3OS3. The van der Waals surface area contributed by atoms with Crippen molar-refractivity contribution in [2.24, 2.45) is 0 Å². The van der Waals surface area contributed by atoms with Gasteiger partial charge in [-0.15, -0.1) is 46.8 Å². The second-order valence-corrected chi connectivity index (χ2v) is 10.5. The number of rotatable bonds is 5. The molecule has 32 heavy (non-hydrogen) atoms. The zero-order valence-electron chi connectivity index (χ0n) is 17.9. The molecule has 4 nitrogen and oxygen atoms in total. The number of carbonyl (C=O) groups excluding carboxylic acids is 1. The summed E-state index contributed by atoms with van der Waals surface area (Å²) in [6, 6.07) is 16.0. The molecule has 2 aromatic heterocycles. The van der Waals surface area contributed by atoms with Crippen molar-refractivity contribution in [1.29, 1.82) is 0 Å². The molecule has 0 atom stereocenters. The molecule has 1 N–H and O–H groups in total. The molecule has 0 spiro atoms. The van der Waals surface area contributed by atoms with Gasteiger partial charge in [-0.25, -0.2) is 4.98 Å². The minimum Gasteiger partial charge on any atom is -0.313 e. The quantitative estimate of drug-likeness (QED) is 0.305. The molecule has 0 fully saturated rings. The third-order valence-corrected chi connectivity index (χ3v) is 8.60. The van der Waals surface area contributed by atoms with Crippen LogP contribution in [0.3, 0.4) is 0 Å². The SMILES string of the molecule is CCN1CCc2c(sc(NC(=O)c3ccc(SC)cc3)c2-c2nc3ccccc3s2)C1.Cl. The fourth-order valence-corrected chi connectivity index (χ4v) is 6.74. The maximum Gasteiger partial charge on any atom is 0.256 e. The molecule has 0 unspecified atom stereocenters. The van der Waals surface area contributed by atoms with Gasteiger partial charge in [0.25, 0.3) is 5.91 Å². The number of likely N-dealkylation sites (N-methyl/N-ethyl adjacent to an activating group) is 1. The van der Waals surface area contributed by atoms with Gasteiger partial charge in [0, 0.05) is 34.0 Å². The van der Waals surface area contributed by atoms with E-state index >= 15 is 0 Å². The Labute approximate surface area is 206 Å². The van der Waals surface area contributed by atoms with Crippen LogP contribution < -0.4 is 5.32 Å². The minimum absolute atomic E-state index is 0. The van der Waals surface area contributed by atoms with Gasteiger partial charge in [0.2, 0.25) is 0 Å². The Bertz CT molecular complexity index is 1220. The number of para-hydroxylation sites is 1. The van der Waals surface area contributed by atoms with Crippen LogP contribution in [0.15, 0.2) is 53.4 Å². The van der Waals surface area contributed by atoms with Crippen LogP contribution >= 0.6 is 46.8 Å². The Hall–Kier alpha value is -1.90. The zero-order valence-corrected chi connectivity index (χ0v) is 21.1. The highest BCUT2D eigenvalue weighted by atomic mass is 35.5. The van der Waals surface area contributed by atoms with Gasteiger partial charge in [-0.3, -0.25) is 9.69 Å². The van der Waals surface area contributed by atoms with Gasteiger partial charge >= 0.3 is 0 Å². The number of anilines is 1. The van der Waals surface area contributed by atoms with Gasteiger partial charge < -0.3 is 5.32 Å². The number of fused-ring (bicyclic) bond motifs is 2. The van der Waals surface area contributed by atoms with Crippen LogP contribution in [0.1, 0.15) is 27.7 Å². The Balaban J connectivity index is 0.00000245. The first kappa shape index (κ1) is 23.3. The van der Waals surface area contributed by atoms with Crippen LogP contribution in [0.4, 0.5) is 5.00 Å². The number of nitrogens with one attached hydrogen (secondary N) is 1. The lowest BCUT2D eigenvalue weighted by Crippen LogP contribution is -2.29. The standard InChI is InChI=1S/C24H23N3OS3.ClH/c1-3-27-13-12-17-20(14-27)31-24(26-22(28)15-8-10-16(29-2)11-9-15)21(17)23-25-18-6-4-5-7-19(18)30-23;/h4-11H,3,12-14H2,1-2H3,(H,26,28);1H. The molecule has 8 heteroatoms. The third kappa shape index (κ3) is 4.45. The monoisotopic (exact) mass is 501 g/mol. The van der Waals surface area contributed by atoms with E-state index in [1.807, 2.05) is 42.7 Å². The van der Waals surface area contributed by atoms with E-state index in [0.717, 1.165) is 52.0 Å². The number of benzene rings is 2. The van der Waals surface area contributed by atoms with Gasteiger partial charge in [-0.2, -0.15) is 0 Å². The van der Waals surface area contributed by atoms with Crippen molar-refractivity contribution in [2.75, 3.05) is 24.7 Å². The fourth-order valence-electron chi connectivity index (χ4n) is 3.94. The van der Waals surface area contributed by atoms with Crippen molar-refractivity contribution in [1.82, 2.24) is 9.88 Å². The summed E-state index contributed by atoms with van der Waals surface area (Å²) < 4.78 is 1.17. The topological polar surface area (TPSA) is 45.2 Å². The van der Waals surface area contributed by atoms with Crippen molar-refractivity contribution in [3.8, 4) is 10.6 Å². The van der Waals surface area contributed by atoms with Crippen LogP contribution in [0.5, 0.6) is 0 Å². The molecule has 1 aliphatic rings. The predicted molar refractivity (Wildman–Crippen MR) is 141 cm³/mol. The number of nitrogens with zero attached hydrogens (tertiary/aromatic N) is 2. The van der Waals surface area contributed by atoms with Crippen molar-refractivity contribution in [3.63, 3.8) is 0 Å². The number of carbonyl (C=O) groups is 1. The van der Waals surface area contributed by atoms with E-state index in [2.05, 4.69) is 29.3 Å². The minimum atomic E-state index is -0.0686. The number of thiophene rings is 1. The van der Waals surface area contributed by atoms with Crippen molar-refractivity contribution in [2.45, 2.75) is 24.8 Å². The fraction of sp³-hybridized carbons (Fsp3) is 0.250. The average Bonchev–Trinajstić information content (AvgIpc) is 3.38. The van der Waals surface area contributed by atoms with Crippen LogP contribution in [-0.4, -0.2) is 35.1 Å². The molecule has 2 aromatic carbocycles. The van der Waals surface area contributed by atoms with E-state index < -0.39 is 0 Å². The van der Waals surface area contributed by atoms with Crippen LogP contribution in [-0.2, 0) is 13.0 Å². The summed E-state index contributed by atoms with van der Waals surface area (Å²) >= 11 is 5.08. The summed E-state index contributed by atoms with van der Waals surface area (Å²) in [6.07, 6.45) is 3.03. The molecule has 1 amide bonds. The Morgan fingerprint density at radius 2 is 1.94 bits per heavy atom. The smallest absolute Gasteiger partial charge is 0.256 e. The summed E-state index contributed by atoms with van der Waals surface area (Å²) in [5.41, 5.74) is 4.15. The second-order valence-electron chi connectivity index (χ2n) is 7.50. The summed E-state index contributed by atoms with van der Waals surface area (Å²) in [7, 11) is 0. The van der Waals surface area contributed by atoms with Crippen molar-refractivity contribution >= 4 is 68.0 Å². The molecule has 0 bridgehead atoms. The lowest BCUT2D eigenvalue weighted by atomic mass is 10.0. The van der Waals surface area contributed by atoms with Gasteiger partial charge in [0.15, 0.2) is 0 Å². The van der Waals surface area contributed by atoms with Gasteiger partial charge in [0.1, 0.15) is 10.0 Å². The molecule has 166 valence electrons. The maximum absolute atomic E-state index is 13.1. The lowest BCUT2D eigenvalue weighted by Gasteiger charge is -2.25. The highest BCUT2D eigenvalue weighted by molar-refractivity contribution is 7.98. The first-order chi connectivity index (χ1) is 15.2. The average molecular weight is 502 g/mol. The van der Waals surface area contributed by atoms with E-state index in [1.165, 1.54) is 15.1 Å². The molecule has 0 aliphatic carbocycles.